The van der Waals surface area contributed by atoms with Gasteiger partial charge in [0.05, 0.1) is 12.8 Å². The van der Waals surface area contributed by atoms with Crippen LogP contribution in [-0.2, 0) is 6.42 Å². The number of rotatable bonds is 12. The Morgan fingerprint density at radius 1 is 0.913 bits per heavy atom. The van der Waals surface area contributed by atoms with E-state index in [4.69, 9.17) is 9.84 Å². The number of aryl methyl sites for hydroxylation is 1. The quantitative estimate of drug-likeness (QED) is 0.575. The molecule has 0 fully saturated rings. The SMILES string of the molecule is COc1nc(N(C)C)nc(CCCCCCCCCCO)c1O. The van der Waals surface area contributed by atoms with E-state index in [1.807, 2.05) is 14.1 Å². The summed E-state index contributed by atoms with van der Waals surface area (Å²) in [6.07, 6.45) is 9.77. The normalized spacial score (nSPS) is 10.8. The van der Waals surface area contributed by atoms with Gasteiger partial charge in [-0.2, -0.15) is 4.98 Å². The van der Waals surface area contributed by atoms with Crippen molar-refractivity contribution in [1.82, 2.24) is 9.97 Å². The summed E-state index contributed by atoms with van der Waals surface area (Å²) in [6, 6.07) is 0. The molecule has 0 aliphatic heterocycles. The first-order valence-corrected chi connectivity index (χ1v) is 8.52. The van der Waals surface area contributed by atoms with Crippen molar-refractivity contribution in [1.29, 1.82) is 0 Å². The van der Waals surface area contributed by atoms with Gasteiger partial charge < -0.3 is 19.8 Å². The highest BCUT2D eigenvalue weighted by Gasteiger charge is 2.14. The predicted octanol–water partition coefficient (Wildman–Crippen LogP) is 2.91. The Balaban J connectivity index is 2.35. The van der Waals surface area contributed by atoms with E-state index in [1.54, 1.807) is 4.90 Å². The average molecular weight is 325 g/mol. The molecule has 0 amide bonds. The highest BCUT2D eigenvalue weighted by molar-refractivity contribution is 5.43. The molecule has 6 heteroatoms. The fourth-order valence-electron chi connectivity index (χ4n) is 2.45. The molecule has 1 aromatic heterocycles. The highest BCUT2D eigenvalue weighted by atomic mass is 16.5. The van der Waals surface area contributed by atoms with E-state index >= 15 is 0 Å². The second-order valence-electron chi connectivity index (χ2n) is 6.02. The van der Waals surface area contributed by atoms with E-state index in [9.17, 15) is 5.11 Å². The molecule has 0 radical (unpaired) electrons. The van der Waals surface area contributed by atoms with Crippen LogP contribution in [0.15, 0.2) is 0 Å². The fourth-order valence-corrected chi connectivity index (χ4v) is 2.45. The van der Waals surface area contributed by atoms with Crippen LogP contribution in [0.25, 0.3) is 0 Å². The van der Waals surface area contributed by atoms with Gasteiger partial charge in [-0.25, -0.2) is 4.98 Å². The van der Waals surface area contributed by atoms with Crippen LogP contribution in [0.3, 0.4) is 0 Å². The number of nitrogens with zero attached hydrogens (tertiary/aromatic N) is 3. The molecular weight excluding hydrogens is 294 g/mol. The van der Waals surface area contributed by atoms with Crippen LogP contribution in [0.2, 0.25) is 0 Å². The smallest absolute Gasteiger partial charge is 0.261 e. The van der Waals surface area contributed by atoms with Crippen molar-refractivity contribution in [2.75, 3.05) is 32.7 Å². The first-order valence-electron chi connectivity index (χ1n) is 8.52. The molecule has 2 N–H and O–H groups in total. The standard InChI is InChI=1S/C17H31N3O3/c1-20(2)17-18-14(15(22)16(19-17)23-3)12-10-8-6-4-5-7-9-11-13-21/h21-22H,4-13H2,1-3H3. The van der Waals surface area contributed by atoms with E-state index in [0.29, 0.717) is 18.2 Å². The summed E-state index contributed by atoms with van der Waals surface area (Å²) in [5.74, 6) is 0.850. The number of hydrogen-bond acceptors (Lipinski definition) is 6. The van der Waals surface area contributed by atoms with E-state index in [1.165, 1.54) is 32.8 Å². The third kappa shape index (κ3) is 7.03. The van der Waals surface area contributed by atoms with Gasteiger partial charge in [0.15, 0.2) is 0 Å². The van der Waals surface area contributed by atoms with Crippen molar-refractivity contribution in [2.45, 2.75) is 57.8 Å². The third-order valence-corrected chi connectivity index (χ3v) is 3.83. The molecule has 1 heterocycles. The van der Waals surface area contributed by atoms with Crippen LogP contribution in [0.1, 0.15) is 57.1 Å². The van der Waals surface area contributed by atoms with E-state index in [0.717, 1.165) is 32.1 Å². The Hall–Kier alpha value is -1.56. The summed E-state index contributed by atoms with van der Waals surface area (Å²) < 4.78 is 5.12. The molecule has 0 bridgehead atoms. The largest absolute Gasteiger partial charge is 0.502 e. The molecule has 0 aliphatic rings. The van der Waals surface area contributed by atoms with Crippen LogP contribution in [-0.4, -0.2) is 48.0 Å². The lowest BCUT2D eigenvalue weighted by atomic mass is 10.1. The Kier molecular flexibility index (Phi) is 9.36. The number of aromatic nitrogens is 2. The van der Waals surface area contributed by atoms with Crippen LogP contribution in [0.5, 0.6) is 11.6 Å². The number of aliphatic hydroxyl groups is 1. The van der Waals surface area contributed by atoms with Gasteiger partial charge in [-0.05, 0) is 19.3 Å². The number of aromatic hydroxyl groups is 1. The molecule has 0 aromatic carbocycles. The summed E-state index contributed by atoms with van der Waals surface area (Å²) >= 11 is 0. The minimum atomic E-state index is 0.0575. The molecule has 1 aromatic rings. The maximum absolute atomic E-state index is 10.1. The van der Waals surface area contributed by atoms with E-state index in [2.05, 4.69) is 9.97 Å². The zero-order valence-electron chi connectivity index (χ0n) is 14.7. The average Bonchev–Trinajstić information content (AvgIpc) is 2.54. The number of aliphatic hydroxyl groups excluding tert-OH is 1. The zero-order valence-corrected chi connectivity index (χ0v) is 14.7. The maximum Gasteiger partial charge on any atom is 0.261 e. The summed E-state index contributed by atoms with van der Waals surface area (Å²) in [5, 5.41) is 18.8. The van der Waals surface area contributed by atoms with Gasteiger partial charge in [0.25, 0.3) is 5.88 Å². The first-order chi connectivity index (χ1) is 11.1. The van der Waals surface area contributed by atoms with Gasteiger partial charge in [0, 0.05) is 20.7 Å². The molecule has 0 unspecified atom stereocenters. The number of methoxy groups -OCH3 is 1. The first kappa shape index (κ1) is 19.5. The van der Waals surface area contributed by atoms with Crippen molar-refractivity contribution in [2.24, 2.45) is 0 Å². The minimum Gasteiger partial charge on any atom is -0.502 e. The van der Waals surface area contributed by atoms with Crippen molar-refractivity contribution in [3.8, 4) is 11.6 Å². The summed E-state index contributed by atoms with van der Waals surface area (Å²) in [4.78, 5) is 10.4. The summed E-state index contributed by atoms with van der Waals surface area (Å²) in [7, 11) is 5.24. The molecule has 0 saturated carbocycles. The Bertz CT molecular complexity index is 453. The van der Waals surface area contributed by atoms with E-state index in [-0.39, 0.29) is 11.6 Å². The maximum atomic E-state index is 10.1. The second-order valence-corrected chi connectivity index (χ2v) is 6.02. The highest BCUT2D eigenvalue weighted by Crippen LogP contribution is 2.29. The zero-order chi connectivity index (χ0) is 17.1. The van der Waals surface area contributed by atoms with Crippen molar-refractivity contribution >= 4 is 5.95 Å². The third-order valence-electron chi connectivity index (χ3n) is 3.83. The number of ether oxygens (including phenoxy) is 1. The van der Waals surface area contributed by atoms with Gasteiger partial charge in [-0.1, -0.05) is 38.5 Å². The van der Waals surface area contributed by atoms with Gasteiger partial charge in [0.2, 0.25) is 11.7 Å². The Morgan fingerprint density at radius 3 is 2.00 bits per heavy atom. The molecule has 6 nitrogen and oxygen atoms in total. The number of hydrogen-bond donors (Lipinski definition) is 2. The van der Waals surface area contributed by atoms with E-state index < -0.39 is 0 Å². The van der Waals surface area contributed by atoms with Crippen molar-refractivity contribution in [3.63, 3.8) is 0 Å². The Morgan fingerprint density at radius 2 is 1.48 bits per heavy atom. The number of unbranched alkanes of at least 4 members (excludes halogenated alkanes) is 7. The van der Waals surface area contributed by atoms with Crippen LogP contribution < -0.4 is 9.64 Å². The van der Waals surface area contributed by atoms with Crippen LogP contribution >= 0.6 is 0 Å². The molecule has 0 atom stereocenters. The summed E-state index contributed by atoms with van der Waals surface area (Å²) in [5.41, 5.74) is 0.656. The molecule has 132 valence electrons. The Labute approximate surface area is 139 Å². The molecule has 1 rings (SSSR count). The van der Waals surface area contributed by atoms with Crippen molar-refractivity contribution < 1.29 is 14.9 Å². The van der Waals surface area contributed by atoms with Crippen LogP contribution in [0.4, 0.5) is 5.95 Å². The van der Waals surface area contributed by atoms with Gasteiger partial charge >= 0.3 is 0 Å². The lowest BCUT2D eigenvalue weighted by Crippen LogP contribution is -2.14. The fraction of sp³-hybridized carbons (Fsp3) is 0.765. The van der Waals surface area contributed by atoms with Crippen molar-refractivity contribution in [3.05, 3.63) is 5.69 Å². The topological polar surface area (TPSA) is 78.7 Å². The lowest BCUT2D eigenvalue weighted by Gasteiger charge is -2.14. The number of anilines is 1. The molecule has 0 aliphatic carbocycles. The van der Waals surface area contributed by atoms with Crippen LogP contribution in [0, 0.1) is 0 Å². The molecule has 0 saturated heterocycles. The molecular formula is C17H31N3O3. The molecule has 0 spiro atoms. The monoisotopic (exact) mass is 325 g/mol. The predicted molar refractivity (Wildman–Crippen MR) is 92.3 cm³/mol. The van der Waals surface area contributed by atoms with Gasteiger partial charge in [-0.3, -0.25) is 0 Å². The second kappa shape index (κ2) is 11.0. The lowest BCUT2D eigenvalue weighted by molar-refractivity contribution is 0.282. The summed E-state index contributed by atoms with van der Waals surface area (Å²) in [6.45, 7) is 0.306. The molecule has 23 heavy (non-hydrogen) atoms. The van der Waals surface area contributed by atoms with Gasteiger partial charge in [-0.15, -0.1) is 0 Å². The van der Waals surface area contributed by atoms with Gasteiger partial charge in [0.1, 0.15) is 0 Å². The minimum absolute atomic E-state index is 0.0575.